The first kappa shape index (κ1) is 20.5. The van der Waals surface area contributed by atoms with Gasteiger partial charge >= 0.3 is 0 Å². The van der Waals surface area contributed by atoms with E-state index >= 15 is 0 Å². The Morgan fingerprint density at radius 1 is 1.15 bits per heavy atom. The van der Waals surface area contributed by atoms with Crippen LogP contribution in [0, 0.1) is 5.41 Å². The first-order valence-corrected chi connectivity index (χ1v) is 8.84. The average molecular weight is 379 g/mol. The minimum absolute atomic E-state index is 0. The number of methoxy groups -OCH3 is 1. The molecule has 1 aliphatic heterocycles. The van der Waals surface area contributed by atoms with Crippen LogP contribution in [0.25, 0.3) is 10.8 Å². The van der Waals surface area contributed by atoms with Gasteiger partial charge in [-0.05, 0) is 37.4 Å². The molecule has 0 spiro atoms. The summed E-state index contributed by atoms with van der Waals surface area (Å²) < 4.78 is 11.2. The van der Waals surface area contributed by atoms with Crippen molar-refractivity contribution in [3.8, 4) is 5.75 Å². The highest BCUT2D eigenvalue weighted by Gasteiger charge is 2.39. The van der Waals surface area contributed by atoms with Crippen LogP contribution in [0.3, 0.4) is 0 Å². The molecule has 6 heteroatoms. The number of halogens is 1. The SMILES string of the molecule is COCC1(C(=O)NCCOc2cccc3ccccc23)CCNCC1.Cl. The molecule has 2 aromatic carbocycles. The van der Waals surface area contributed by atoms with Gasteiger partial charge in [0.25, 0.3) is 0 Å². The van der Waals surface area contributed by atoms with E-state index in [1.165, 1.54) is 0 Å². The van der Waals surface area contributed by atoms with Gasteiger partial charge in [-0.25, -0.2) is 0 Å². The Morgan fingerprint density at radius 2 is 1.88 bits per heavy atom. The van der Waals surface area contributed by atoms with Gasteiger partial charge in [0.05, 0.1) is 18.6 Å². The number of piperidine rings is 1. The molecule has 0 aliphatic carbocycles. The van der Waals surface area contributed by atoms with Crippen LogP contribution in [0.1, 0.15) is 12.8 Å². The van der Waals surface area contributed by atoms with Crippen LogP contribution in [-0.4, -0.2) is 45.9 Å². The van der Waals surface area contributed by atoms with Crippen molar-refractivity contribution in [1.82, 2.24) is 10.6 Å². The molecule has 0 saturated carbocycles. The molecule has 1 amide bonds. The van der Waals surface area contributed by atoms with Gasteiger partial charge in [0.1, 0.15) is 12.4 Å². The average Bonchev–Trinajstić information content (AvgIpc) is 2.66. The Bertz CT molecular complexity index is 706. The molecule has 5 nitrogen and oxygen atoms in total. The Morgan fingerprint density at radius 3 is 2.65 bits per heavy atom. The van der Waals surface area contributed by atoms with E-state index in [0.29, 0.717) is 19.8 Å². The summed E-state index contributed by atoms with van der Waals surface area (Å²) in [5.41, 5.74) is -0.417. The van der Waals surface area contributed by atoms with Gasteiger partial charge in [0.2, 0.25) is 5.91 Å². The third kappa shape index (κ3) is 4.67. The minimum atomic E-state index is -0.417. The number of hydrogen-bond acceptors (Lipinski definition) is 4. The van der Waals surface area contributed by atoms with Crippen molar-refractivity contribution in [3.05, 3.63) is 42.5 Å². The maximum Gasteiger partial charge on any atom is 0.228 e. The van der Waals surface area contributed by atoms with Gasteiger partial charge in [-0.3, -0.25) is 4.79 Å². The van der Waals surface area contributed by atoms with Crippen LogP contribution in [0.5, 0.6) is 5.75 Å². The van der Waals surface area contributed by atoms with Crippen LogP contribution in [-0.2, 0) is 9.53 Å². The molecular weight excluding hydrogens is 352 g/mol. The van der Waals surface area contributed by atoms with Crippen LogP contribution >= 0.6 is 12.4 Å². The summed E-state index contributed by atoms with van der Waals surface area (Å²) in [5.74, 6) is 0.915. The van der Waals surface area contributed by atoms with Crippen LogP contribution in [0.2, 0.25) is 0 Å². The number of nitrogens with one attached hydrogen (secondary N) is 2. The van der Waals surface area contributed by atoms with E-state index in [9.17, 15) is 4.79 Å². The summed E-state index contributed by atoms with van der Waals surface area (Å²) in [6.45, 7) is 3.10. The van der Waals surface area contributed by atoms with Gasteiger partial charge in [0.15, 0.2) is 0 Å². The summed E-state index contributed by atoms with van der Waals surface area (Å²) in [7, 11) is 1.65. The predicted molar refractivity (Wildman–Crippen MR) is 106 cm³/mol. The summed E-state index contributed by atoms with van der Waals surface area (Å²) in [6, 6.07) is 14.1. The van der Waals surface area contributed by atoms with Gasteiger partial charge < -0.3 is 20.1 Å². The Labute approximate surface area is 160 Å². The van der Waals surface area contributed by atoms with Crippen molar-refractivity contribution in [2.45, 2.75) is 12.8 Å². The fourth-order valence-corrected chi connectivity index (χ4v) is 3.45. The standard InChI is InChI=1S/C20H26N2O3.ClH/c1-24-15-20(9-11-21-12-10-20)19(23)22-13-14-25-18-8-4-6-16-5-2-3-7-17(16)18;/h2-8,21H,9-15H2,1H3,(H,22,23);1H. The molecule has 2 aromatic rings. The quantitative estimate of drug-likeness (QED) is 0.727. The van der Waals surface area contributed by atoms with E-state index in [2.05, 4.69) is 22.8 Å². The topological polar surface area (TPSA) is 59.6 Å². The van der Waals surface area contributed by atoms with Gasteiger partial charge in [-0.15, -0.1) is 12.4 Å². The number of carbonyl (C=O) groups excluding carboxylic acids is 1. The van der Waals surface area contributed by atoms with Crippen molar-refractivity contribution in [1.29, 1.82) is 0 Å². The normalized spacial score (nSPS) is 15.9. The summed E-state index contributed by atoms with van der Waals surface area (Å²) >= 11 is 0. The molecule has 0 atom stereocenters. The zero-order valence-corrected chi connectivity index (χ0v) is 15.9. The highest BCUT2D eigenvalue weighted by Crippen LogP contribution is 2.29. The Hall–Kier alpha value is -1.82. The molecule has 1 saturated heterocycles. The monoisotopic (exact) mass is 378 g/mol. The van der Waals surface area contributed by atoms with E-state index in [0.717, 1.165) is 42.5 Å². The molecule has 1 fully saturated rings. The summed E-state index contributed by atoms with van der Waals surface area (Å²) in [4.78, 5) is 12.7. The first-order valence-electron chi connectivity index (χ1n) is 8.84. The number of benzene rings is 2. The van der Waals surface area contributed by atoms with Crippen molar-refractivity contribution >= 4 is 29.1 Å². The number of fused-ring (bicyclic) bond motifs is 1. The van der Waals surface area contributed by atoms with Crippen molar-refractivity contribution in [2.75, 3.05) is 40.0 Å². The number of rotatable bonds is 7. The minimum Gasteiger partial charge on any atom is -0.491 e. The van der Waals surface area contributed by atoms with Crippen molar-refractivity contribution in [2.24, 2.45) is 5.41 Å². The fraction of sp³-hybridized carbons (Fsp3) is 0.450. The molecule has 0 radical (unpaired) electrons. The first-order chi connectivity index (χ1) is 12.2. The zero-order valence-electron chi connectivity index (χ0n) is 15.1. The molecule has 142 valence electrons. The van der Waals surface area contributed by atoms with Crippen LogP contribution in [0.15, 0.2) is 42.5 Å². The molecule has 0 unspecified atom stereocenters. The molecule has 1 aliphatic rings. The predicted octanol–water partition coefficient (Wildman–Crippen LogP) is 2.77. The molecule has 2 N–H and O–H groups in total. The van der Waals surface area contributed by atoms with Gasteiger partial charge in [-0.2, -0.15) is 0 Å². The highest BCUT2D eigenvalue weighted by molar-refractivity contribution is 5.88. The lowest BCUT2D eigenvalue weighted by atomic mass is 9.78. The number of amides is 1. The second-order valence-electron chi connectivity index (χ2n) is 6.54. The van der Waals surface area contributed by atoms with E-state index in [-0.39, 0.29) is 18.3 Å². The molecule has 0 aromatic heterocycles. The largest absolute Gasteiger partial charge is 0.491 e. The lowest BCUT2D eigenvalue weighted by Crippen LogP contribution is -2.50. The molecule has 0 bridgehead atoms. The Kier molecular flexibility index (Phi) is 7.69. The van der Waals surface area contributed by atoms with E-state index < -0.39 is 5.41 Å². The summed E-state index contributed by atoms with van der Waals surface area (Å²) in [6.07, 6.45) is 1.60. The maximum atomic E-state index is 12.7. The zero-order chi connectivity index (χ0) is 17.5. The van der Waals surface area contributed by atoms with Gasteiger partial charge in [-0.1, -0.05) is 36.4 Å². The van der Waals surface area contributed by atoms with E-state index in [1.807, 2.05) is 30.3 Å². The van der Waals surface area contributed by atoms with Crippen LogP contribution < -0.4 is 15.4 Å². The maximum absolute atomic E-state index is 12.7. The molecule has 26 heavy (non-hydrogen) atoms. The smallest absolute Gasteiger partial charge is 0.228 e. The molecule has 3 rings (SSSR count). The van der Waals surface area contributed by atoms with E-state index in [4.69, 9.17) is 9.47 Å². The second kappa shape index (κ2) is 9.76. The van der Waals surface area contributed by atoms with E-state index in [1.54, 1.807) is 7.11 Å². The number of ether oxygens (including phenoxy) is 2. The molecular formula is C20H27ClN2O3. The lowest BCUT2D eigenvalue weighted by molar-refractivity contribution is -0.136. The van der Waals surface area contributed by atoms with Crippen molar-refractivity contribution in [3.63, 3.8) is 0 Å². The molecule has 1 heterocycles. The highest BCUT2D eigenvalue weighted by atomic mass is 35.5. The third-order valence-corrected chi connectivity index (χ3v) is 4.86. The number of hydrogen-bond donors (Lipinski definition) is 2. The third-order valence-electron chi connectivity index (χ3n) is 4.86. The summed E-state index contributed by atoms with van der Waals surface area (Å²) in [5, 5.41) is 8.56. The fourth-order valence-electron chi connectivity index (χ4n) is 3.45. The van der Waals surface area contributed by atoms with Gasteiger partial charge in [0, 0.05) is 12.5 Å². The van der Waals surface area contributed by atoms with Crippen LogP contribution in [0.4, 0.5) is 0 Å². The number of carbonyl (C=O) groups is 1. The van der Waals surface area contributed by atoms with Crippen molar-refractivity contribution < 1.29 is 14.3 Å². The lowest BCUT2D eigenvalue weighted by Gasteiger charge is -2.35. The Balaban J connectivity index is 0.00000243. The second-order valence-corrected chi connectivity index (χ2v) is 6.54.